The van der Waals surface area contributed by atoms with E-state index in [9.17, 15) is 0 Å². The maximum absolute atomic E-state index is 4.22. The summed E-state index contributed by atoms with van der Waals surface area (Å²) in [7, 11) is 0. The highest BCUT2D eigenvalue weighted by Crippen LogP contribution is 2.30. The zero-order valence-electron chi connectivity index (χ0n) is 6.65. The van der Waals surface area contributed by atoms with E-state index in [1.165, 1.54) is 23.1 Å². The summed E-state index contributed by atoms with van der Waals surface area (Å²) in [4.78, 5) is 4.22. The van der Waals surface area contributed by atoms with Gasteiger partial charge in [0.1, 0.15) is 5.03 Å². The number of hydrogen-bond acceptors (Lipinski definition) is 5. The largest absolute Gasteiger partial charge is 0.248 e. The molecule has 0 saturated carbocycles. The second-order valence-electron chi connectivity index (χ2n) is 2.24. The fourth-order valence-corrected chi connectivity index (χ4v) is 3.31. The minimum atomic E-state index is 0.789. The van der Waals surface area contributed by atoms with Crippen LogP contribution in [0.5, 0.6) is 0 Å². The molecule has 0 aliphatic carbocycles. The molecule has 0 fully saturated rings. The summed E-state index contributed by atoms with van der Waals surface area (Å²) in [5.74, 6) is 0. The van der Waals surface area contributed by atoms with Crippen molar-refractivity contribution in [3.8, 4) is 0 Å². The third kappa shape index (κ3) is 2.75. The van der Waals surface area contributed by atoms with Gasteiger partial charge in [-0.25, -0.2) is 4.98 Å². The molecule has 0 radical (unpaired) electrons. The Morgan fingerprint density at radius 2 is 2.07 bits per heavy atom. The van der Waals surface area contributed by atoms with Crippen LogP contribution in [0.4, 0.5) is 0 Å². The molecule has 0 saturated heterocycles. The summed E-state index contributed by atoms with van der Waals surface area (Å²) < 4.78 is 2.64. The first-order valence-corrected chi connectivity index (χ1v) is 6.74. The van der Waals surface area contributed by atoms with Crippen molar-refractivity contribution in [2.45, 2.75) is 9.37 Å². The summed E-state index contributed by atoms with van der Waals surface area (Å²) in [5.41, 5.74) is 0. The Morgan fingerprint density at radius 3 is 2.64 bits per heavy atom. The standard InChI is InChI=1S/C7H3Br2N3S2/c8-4-1-2-5(10-3-4)13-7-12-11-6(9)14-7/h1-3H. The fourth-order valence-electron chi connectivity index (χ4n) is 0.746. The molecular formula is C7H3Br2N3S2. The Bertz CT molecular complexity index is 429. The fraction of sp³-hybridized carbons (Fsp3) is 0. The van der Waals surface area contributed by atoms with E-state index in [0.29, 0.717) is 0 Å². The zero-order valence-corrected chi connectivity index (χ0v) is 11.5. The van der Waals surface area contributed by atoms with Crippen molar-refractivity contribution in [2.75, 3.05) is 0 Å². The topological polar surface area (TPSA) is 38.7 Å². The van der Waals surface area contributed by atoms with Gasteiger partial charge in [-0.05, 0) is 55.8 Å². The van der Waals surface area contributed by atoms with E-state index in [4.69, 9.17) is 0 Å². The number of hydrogen-bond donors (Lipinski definition) is 0. The second kappa shape index (κ2) is 4.69. The lowest BCUT2D eigenvalue weighted by Crippen LogP contribution is -1.78. The van der Waals surface area contributed by atoms with Gasteiger partial charge in [-0.1, -0.05) is 11.3 Å². The number of nitrogens with zero attached hydrogens (tertiary/aromatic N) is 3. The van der Waals surface area contributed by atoms with Crippen LogP contribution < -0.4 is 0 Å². The van der Waals surface area contributed by atoms with E-state index < -0.39 is 0 Å². The molecule has 0 aliphatic heterocycles. The molecule has 0 aliphatic rings. The van der Waals surface area contributed by atoms with Crippen LogP contribution in [0.3, 0.4) is 0 Å². The molecular weight excluding hydrogens is 350 g/mol. The van der Waals surface area contributed by atoms with Crippen molar-refractivity contribution in [3.05, 3.63) is 26.7 Å². The Morgan fingerprint density at radius 1 is 1.21 bits per heavy atom. The summed E-state index contributed by atoms with van der Waals surface area (Å²) >= 11 is 9.58. The van der Waals surface area contributed by atoms with Crippen LogP contribution in [0, 0.1) is 0 Å². The number of aromatic nitrogens is 3. The van der Waals surface area contributed by atoms with E-state index in [-0.39, 0.29) is 0 Å². The van der Waals surface area contributed by atoms with Crippen molar-refractivity contribution in [3.63, 3.8) is 0 Å². The number of halogens is 2. The Kier molecular flexibility index (Phi) is 3.53. The van der Waals surface area contributed by atoms with E-state index in [0.717, 1.165) is 17.8 Å². The first kappa shape index (κ1) is 10.5. The molecule has 0 unspecified atom stereocenters. The smallest absolute Gasteiger partial charge is 0.184 e. The van der Waals surface area contributed by atoms with Crippen LogP contribution in [-0.2, 0) is 0 Å². The first-order valence-electron chi connectivity index (χ1n) is 3.52. The number of rotatable bonds is 2. The molecule has 0 N–H and O–H groups in total. The van der Waals surface area contributed by atoms with Gasteiger partial charge in [-0.15, -0.1) is 10.2 Å². The second-order valence-corrected chi connectivity index (χ2v) is 6.67. The molecule has 0 aromatic carbocycles. The molecule has 14 heavy (non-hydrogen) atoms. The maximum Gasteiger partial charge on any atom is 0.184 e. The predicted octanol–water partition coefficient (Wildman–Crippen LogP) is 3.61. The zero-order chi connectivity index (χ0) is 9.97. The summed E-state index contributed by atoms with van der Waals surface area (Å²) in [6, 6.07) is 3.88. The van der Waals surface area contributed by atoms with E-state index in [1.807, 2.05) is 12.1 Å². The lowest BCUT2D eigenvalue weighted by molar-refractivity contribution is 0.993. The lowest BCUT2D eigenvalue weighted by Gasteiger charge is -1.94. The monoisotopic (exact) mass is 351 g/mol. The third-order valence-corrected chi connectivity index (χ3v) is 4.10. The Labute approximate surface area is 106 Å². The quantitative estimate of drug-likeness (QED) is 0.827. The van der Waals surface area contributed by atoms with Crippen LogP contribution in [0.1, 0.15) is 0 Å². The van der Waals surface area contributed by atoms with Crippen LogP contribution in [0.2, 0.25) is 0 Å². The molecule has 3 nitrogen and oxygen atoms in total. The minimum Gasteiger partial charge on any atom is -0.248 e. The van der Waals surface area contributed by atoms with Crippen molar-refractivity contribution < 1.29 is 0 Å². The van der Waals surface area contributed by atoms with Crippen molar-refractivity contribution >= 4 is 55.0 Å². The van der Waals surface area contributed by atoms with Gasteiger partial charge < -0.3 is 0 Å². The van der Waals surface area contributed by atoms with Gasteiger partial charge in [-0.3, -0.25) is 0 Å². The average Bonchev–Trinajstić information content (AvgIpc) is 2.56. The maximum atomic E-state index is 4.22. The molecule has 72 valence electrons. The first-order chi connectivity index (χ1) is 6.74. The minimum absolute atomic E-state index is 0.789. The highest BCUT2D eigenvalue weighted by atomic mass is 79.9. The molecule has 7 heteroatoms. The lowest BCUT2D eigenvalue weighted by atomic mass is 10.5. The summed E-state index contributed by atoms with van der Waals surface area (Å²) in [6.45, 7) is 0. The highest BCUT2D eigenvalue weighted by molar-refractivity contribution is 9.11. The summed E-state index contributed by atoms with van der Waals surface area (Å²) in [5, 5.41) is 8.74. The molecule has 2 aromatic rings. The van der Waals surface area contributed by atoms with Gasteiger partial charge in [0, 0.05) is 10.7 Å². The van der Waals surface area contributed by atoms with Crippen molar-refractivity contribution in [1.82, 2.24) is 15.2 Å². The van der Waals surface area contributed by atoms with Gasteiger partial charge in [-0.2, -0.15) is 0 Å². The molecule has 0 spiro atoms. The molecule has 0 bridgehead atoms. The van der Waals surface area contributed by atoms with Crippen LogP contribution >= 0.6 is 55.0 Å². The van der Waals surface area contributed by atoms with E-state index >= 15 is 0 Å². The number of pyridine rings is 1. The van der Waals surface area contributed by atoms with E-state index in [1.54, 1.807) is 6.20 Å². The molecule has 2 heterocycles. The normalized spacial score (nSPS) is 10.4. The molecule has 2 rings (SSSR count). The third-order valence-electron chi connectivity index (χ3n) is 1.27. The van der Waals surface area contributed by atoms with E-state index in [2.05, 4.69) is 47.0 Å². The summed E-state index contributed by atoms with van der Waals surface area (Å²) in [6.07, 6.45) is 1.76. The molecule has 2 aromatic heterocycles. The van der Waals surface area contributed by atoms with Gasteiger partial charge in [0.15, 0.2) is 8.26 Å². The molecule has 0 amide bonds. The van der Waals surface area contributed by atoms with Gasteiger partial charge in [0.2, 0.25) is 0 Å². The van der Waals surface area contributed by atoms with Crippen LogP contribution in [0.15, 0.2) is 36.1 Å². The predicted molar refractivity (Wildman–Crippen MR) is 63.7 cm³/mol. The molecule has 0 atom stereocenters. The van der Waals surface area contributed by atoms with Crippen molar-refractivity contribution in [1.29, 1.82) is 0 Å². The highest BCUT2D eigenvalue weighted by Gasteiger charge is 2.04. The van der Waals surface area contributed by atoms with Gasteiger partial charge >= 0.3 is 0 Å². The van der Waals surface area contributed by atoms with Gasteiger partial charge in [0.25, 0.3) is 0 Å². The SMILES string of the molecule is Brc1ccc(Sc2nnc(Br)s2)nc1. The van der Waals surface area contributed by atoms with Crippen molar-refractivity contribution in [2.24, 2.45) is 0 Å². The Balaban J connectivity index is 2.15. The van der Waals surface area contributed by atoms with Crippen LogP contribution in [0.25, 0.3) is 0 Å². The van der Waals surface area contributed by atoms with Crippen LogP contribution in [-0.4, -0.2) is 15.2 Å². The van der Waals surface area contributed by atoms with Gasteiger partial charge in [0.05, 0.1) is 0 Å². The average molecular weight is 353 g/mol. The Hall–Kier alpha value is 0.0200.